The number of hydrogen-bond acceptors (Lipinski definition) is 4. The van der Waals surface area contributed by atoms with Gasteiger partial charge in [-0.2, -0.15) is 8.78 Å². The van der Waals surface area contributed by atoms with Gasteiger partial charge < -0.3 is 15.0 Å². The van der Waals surface area contributed by atoms with Crippen molar-refractivity contribution >= 4 is 23.1 Å². The number of aromatic nitrogens is 1. The SMILES string of the molecule is Cc1nc(C2CCCN2C(=O)Nc2ccccc2OC(F)F)cs1. The fourth-order valence-electron chi connectivity index (χ4n) is 2.81. The molecule has 2 aromatic rings. The molecule has 0 aliphatic carbocycles. The van der Waals surface area contributed by atoms with E-state index in [1.807, 2.05) is 12.3 Å². The lowest BCUT2D eigenvalue weighted by Crippen LogP contribution is -2.34. The number of thiazole rings is 1. The molecule has 2 amide bonds. The van der Waals surface area contributed by atoms with Crippen LogP contribution in [0, 0.1) is 6.92 Å². The average molecular weight is 353 g/mol. The first-order valence-corrected chi connectivity index (χ1v) is 8.46. The molecule has 1 N–H and O–H groups in total. The Labute approximate surface area is 142 Å². The van der Waals surface area contributed by atoms with Crippen molar-refractivity contribution in [3.05, 3.63) is 40.3 Å². The van der Waals surface area contributed by atoms with Crippen molar-refractivity contribution < 1.29 is 18.3 Å². The van der Waals surface area contributed by atoms with Crippen LogP contribution in [0.4, 0.5) is 19.3 Å². The molecule has 0 bridgehead atoms. The minimum atomic E-state index is -2.94. The number of aryl methyl sites for hydroxylation is 1. The van der Waals surface area contributed by atoms with Crippen molar-refractivity contribution in [1.29, 1.82) is 0 Å². The number of para-hydroxylation sites is 2. The minimum Gasteiger partial charge on any atom is -0.433 e. The quantitative estimate of drug-likeness (QED) is 0.885. The fourth-order valence-corrected chi connectivity index (χ4v) is 3.47. The van der Waals surface area contributed by atoms with E-state index < -0.39 is 6.61 Å². The third-order valence-corrected chi connectivity index (χ3v) is 4.63. The predicted octanol–water partition coefficient (Wildman–Crippen LogP) is 4.42. The summed E-state index contributed by atoms with van der Waals surface area (Å²) in [6.45, 7) is -0.420. The molecular weight excluding hydrogens is 336 g/mol. The number of benzene rings is 1. The molecule has 1 atom stereocenters. The summed E-state index contributed by atoms with van der Waals surface area (Å²) in [6, 6.07) is 5.73. The Balaban J connectivity index is 1.75. The molecule has 1 aliphatic heterocycles. The smallest absolute Gasteiger partial charge is 0.387 e. The van der Waals surface area contributed by atoms with Crippen LogP contribution in [0.3, 0.4) is 0 Å². The maximum Gasteiger partial charge on any atom is 0.387 e. The van der Waals surface area contributed by atoms with Gasteiger partial charge in [0.1, 0.15) is 5.75 Å². The fraction of sp³-hybridized carbons (Fsp3) is 0.375. The highest BCUT2D eigenvalue weighted by Gasteiger charge is 2.32. The Hall–Kier alpha value is -2.22. The number of halogens is 2. The lowest BCUT2D eigenvalue weighted by molar-refractivity contribution is -0.0493. The monoisotopic (exact) mass is 353 g/mol. The van der Waals surface area contributed by atoms with Gasteiger partial charge in [0.15, 0.2) is 0 Å². The molecule has 1 aromatic carbocycles. The third-order valence-electron chi connectivity index (χ3n) is 3.84. The molecule has 24 heavy (non-hydrogen) atoms. The van der Waals surface area contributed by atoms with Crippen molar-refractivity contribution in [2.45, 2.75) is 32.4 Å². The summed E-state index contributed by atoms with van der Waals surface area (Å²) in [7, 11) is 0. The number of nitrogens with one attached hydrogen (secondary N) is 1. The normalized spacial score (nSPS) is 17.3. The number of nitrogens with zero attached hydrogens (tertiary/aromatic N) is 2. The topological polar surface area (TPSA) is 54.5 Å². The average Bonchev–Trinajstić information content (AvgIpc) is 3.17. The predicted molar refractivity (Wildman–Crippen MR) is 87.6 cm³/mol. The second-order valence-electron chi connectivity index (χ2n) is 5.45. The summed E-state index contributed by atoms with van der Waals surface area (Å²) < 4.78 is 29.4. The second kappa shape index (κ2) is 7.12. The van der Waals surface area contributed by atoms with Crippen molar-refractivity contribution in [3.63, 3.8) is 0 Å². The number of amides is 2. The Bertz CT molecular complexity index is 723. The van der Waals surface area contributed by atoms with Crippen LogP contribution < -0.4 is 10.1 Å². The Morgan fingerprint density at radius 2 is 2.25 bits per heavy atom. The van der Waals surface area contributed by atoms with Crippen molar-refractivity contribution in [2.24, 2.45) is 0 Å². The number of alkyl halides is 2. The first-order valence-electron chi connectivity index (χ1n) is 7.58. The number of anilines is 1. The zero-order chi connectivity index (χ0) is 17.1. The molecule has 0 spiro atoms. The number of carbonyl (C=O) groups is 1. The molecule has 128 valence electrons. The Kier molecular flexibility index (Phi) is 4.94. The van der Waals surface area contributed by atoms with Crippen molar-refractivity contribution in [2.75, 3.05) is 11.9 Å². The van der Waals surface area contributed by atoms with Gasteiger partial charge in [0.2, 0.25) is 0 Å². The molecule has 0 radical (unpaired) electrons. The molecule has 1 aliphatic rings. The van der Waals surface area contributed by atoms with Gasteiger partial charge >= 0.3 is 12.6 Å². The first kappa shape index (κ1) is 16.6. The largest absolute Gasteiger partial charge is 0.433 e. The minimum absolute atomic E-state index is 0.0545. The standard InChI is InChI=1S/C16H17F2N3O2S/c1-10-19-12(9-24-10)13-6-4-8-21(13)16(22)20-11-5-2-3-7-14(11)23-15(17)18/h2-3,5,7,9,13,15H,4,6,8H2,1H3,(H,20,22). The zero-order valence-corrected chi connectivity index (χ0v) is 13.9. The van der Waals surface area contributed by atoms with Gasteiger partial charge in [0, 0.05) is 11.9 Å². The molecule has 3 rings (SSSR count). The molecule has 5 nitrogen and oxygen atoms in total. The maximum atomic E-state index is 12.6. The molecule has 1 fully saturated rings. The number of urea groups is 1. The van der Waals surface area contributed by atoms with E-state index in [1.165, 1.54) is 12.1 Å². The van der Waals surface area contributed by atoms with Crippen LogP contribution in [0.5, 0.6) is 5.75 Å². The first-order chi connectivity index (χ1) is 11.5. The van der Waals surface area contributed by atoms with Crippen LogP contribution in [-0.2, 0) is 0 Å². The highest BCUT2D eigenvalue weighted by molar-refractivity contribution is 7.09. The van der Waals surface area contributed by atoms with Gasteiger partial charge in [-0.25, -0.2) is 9.78 Å². The lowest BCUT2D eigenvalue weighted by atomic mass is 10.2. The summed E-state index contributed by atoms with van der Waals surface area (Å²) in [5.41, 5.74) is 1.10. The molecule has 1 saturated heterocycles. The number of rotatable bonds is 4. The van der Waals surface area contributed by atoms with Crippen molar-refractivity contribution in [3.8, 4) is 5.75 Å². The summed E-state index contributed by atoms with van der Waals surface area (Å²) >= 11 is 1.55. The van der Waals surface area contributed by atoms with E-state index in [4.69, 9.17) is 0 Å². The molecule has 8 heteroatoms. The van der Waals surface area contributed by atoms with Gasteiger partial charge in [0.05, 0.1) is 22.4 Å². The van der Waals surface area contributed by atoms with Crippen LogP contribution in [0.25, 0.3) is 0 Å². The number of hydrogen-bond donors (Lipinski definition) is 1. The van der Waals surface area contributed by atoms with E-state index in [9.17, 15) is 13.6 Å². The highest BCUT2D eigenvalue weighted by atomic mass is 32.1. The van der Waals surface area contributed by atoms with Crippen LogP contribution in [0.2, 0.25) is 0 Å². The van der Waals surface area contributed by atoms with Crippen LogP contribution >= 0.6 is 11.3 Å². The summed E-state index contributed by atoms with van der Waals surface area (Å²) in [4.78, 5) is 18.7. The third kappa shape index (κ3) is 3.64. The van der Waals surface area contributed by atoms with E-state index in [2.05, 4.69) is 15.0 Å². The van der Waals surface area contributed by atoms with E-state index in [1.54, 1.807) is 28.4 Å². The lowest BCUT2D eigenvalue weighted by Gasteiger charge is -2.24. The Morgan fingerprint density at radius 1 is 1.46 bits per heavy atom. The number of ether oxygens (including phenoxy) is 1. The van der Waals surface area contributed by atoms with Gasteiger partial charge in [-0.3, -0.25) is 0 Å². The summed E-state index contributed by atoms with van der Waals surface area (Å²) in [6.07, 6.45) is 1.72. The van der Waals surface area contributed by atoms with E-state index in [-0.39, 0.29) is 23.5 Å². The molecule has 1 unspecified atom stereocenters. The number of carbonyl (C=O) groups excluding carboxylic acids is 1. The van der Waals surface area contributed by atoms with E-state index in [0.717, 1.165) is 23.5 Å². The van der Waals surface area contributed by atoms with Crippen molar-refractivity contribution in [1.82, 2.24) is 9.88 Å². The molecule has 1 aromatic heterocycles. The van der Waals surface area contributed by atoms with Crippen LogP contribution in [0.15, 0.2) is 29.6 Å². The summed E-state index contributed by atoms with van der Waals surface area (Å²) in [5, 5.41) is 5.58. The number of likely N-dealkylation sites (tertiary alicyclic amines) is 1. The van der Waals surface area contributed by atoms with Gasteiger partial charge in [0.25, 0.3) is 0 Å². The molecular formula is C16H17F2N3O2S. The van der Waals surface area contributed by atoms with Gasteiger partial charge in [-0.1, -0.05) is 12.1 Å². The zero-order valence-electron chi connectivity index (χ0n) is 13.0. The second-order valence-corrected chi connectivity index (χ2v) is 6.51. The van der Waals surface area contributed by atoms with Crippen LogP contribution in [-0.4, -0.2) is 29.1 Å². The van der Waals surface area contributed by atoms with E-state index >= 15 is 0 Å². The summed E-state index contributed by atoms with van der Waals surface area (Å²) in [5.74, 6) is -0.0545. The Morgan fingerprint density at radius 3 is 2.96 bits per heavy atom. The van der Waals surface area contributed by atoms with Crippen LogP contribution in [0.1, 0.15) is 29.6 Å². The highest BCUT2D eigenvalue weighted by Crippen LogP contribution is 2.34. The maximum absolute atomic E-state index is 12.6. The molecule has 0 saturated carbocycles. The molecule has 2 heterocycles. The van der Waals surface area contributed by atoms with Gasteiger partial charge in [-0.05, 0) is 31.9 Å². The van der Waals surface area contributed by atoms with Gasteiger partial charge in [-0.15, -0.1) is 11.3 Å². The van der Waals surface area contributed by atoms with E-state index in [0.29, 0.717) is 6.54 Å².